The number of rotatable bonds is 3. The van der Waals surface area contributed by atoms with E-state index in [0.29, 0.717) is 5.69 Å². The van der Waals surface area contributed by atoms with Crippen LogP contribution in [0.4, 0.5) is 5.69 Å². The molecule has 59 valence electrons. The van der Waals surface area contributed by atoms with Gasteiger partial charge < -0.3 is 10.5 Å². The zero-order valence-corrected chi connectivity index (χ0v) is 6.63. The van der Waals surface area contributed by atoms with Crippen molar-refractivity contribution >= 4 is 5.69 Å². The molecule has 1 radical (unpaired) electrons. The lowest BCUT2D eigenvalue weighted by atomic mass is 10.3. The average molecular weight is 150 g/mol. The molecule has 2 heteroatoms. The molecule has 0 amide bonds. The summed E-state index contributed by atoms with van der Waals surface area (Å²) in [6.07, 6.45) is 1.02. The van der Waals surface area contributed by atoms with E-state index in [1.165, 1.54) is 0 Å². The molecular weight excluding hydrogens is 138 g/mol. The number of nitrogens with one attached hydrogen (secondary N) is 1. The highest BCUT2D eigenvalue weighted by Gasteiger charge is 1.90. The Morgan fingerprint density at radius 3 is 2.45 bits per heavy atom. The highest BCUT2D eigenvalue weighted by Crippen LogP contribution is 2.13. The highest BCUT2D eigenvalue weighted by atomic mass is 16.5. The van der Waals surface area contributed by atoms with Crippen molar-refractivity contribution in [3.8, 4) is 5.75 Å². The summed E-state index contributed by atoms with van der Waals surface area (Å²) in [5.74, 6) is 0.850. The monoisotopic (exact) mass is 150 g/mol. The highest BCUT2D eigenvalue weighted by molar-refractivity contribution is 5.38. The third-order valence-corrected chi connectivity index (χ3v) is 1.33. The molecule has 1 N–H and O–H groups in total. The van der Waals surface area contributed by atoms with Gasteiger partial charge >= 0.3 is 0 Å². The van der Waals surface area contributed by atoms with Crippen molar-refractivity contribution in [2.75, 3.05) is 6.61 Å². The summed E-state index contributed by atoms with van der Waals surface area (Å²) in [4.78, 5) is 0. The Labute approximate surface area is 67.0 Å². The van der Waals surface area contributed by atoms with Gasteiger partial charge in [0.25, 0.3) is 0 Å². The fourth-order valence-electron chi connectivity index (χ4n) is 0.771. The first-order valence-electron chi connectivity index (χ1n) is 3.77. The van der Waals surface area contributed by atoms with Crippen LogP contribution in [0.3, 0.4) is 0 Å². The van der Waals surface area contributed by atoms with Crippen molar-refractivity contribution in [3.63, 3.8) is 0 Å². The quantitative estimate of drug-likeness (QED) is 0.651. The molecule has 0 aliphatic heterocycles. The van der Waals surface area contributed by atoms with Gasteiger partial charge in [-0.05, 0) is 30.7 Å². The van der Waals surface area contributed by atoms with E-state index in [9.17, 15) is 0 Å². The maximum Gasteiger partial charge on any atom is 0.119 e. The van der Waals surface area contributed by atoms with Gasteiger partial charge in [-0.15, -0.1) is 0 Å². The molecule has 0 aliphatic carbocycles. The van der Waals surface area contributed by atoms with E-state index < -0.39 is 0 Å². The van der Waals surface area contributed by atoms with E-state index in [1.54, 1.807) is 12.1 Å². The zero-order valence-electron chi connectivity index (χ0n) is 6.63. The first-order valence-corrected chi connectivity index (χ1v) is 3.77. The van der Waals surface area contributed by atoms with Gasteiger partial charge in [-0.1, -0.05) is 6.92 Å². The molecule has 0 aromatic heterocycles. The minimum absolute atomic E-state index is 0.522. The van der Waals surface area contributed by atoms with E-state index in [2.05, 4.69) is 6.92 Å². The second-order valence-electron chi connectivity index (χ2n) is 2.37. The molecule has 0 heterocycles. The van der Waals surface area contributed by atoms with Gasteiger partial charge in [0.1, 0.15) is 5.75 Å². The fraction of sp³-hybridized carbons (Fsp3) is 0.333. The minimum Gasteiger partial charge on any atom is -0.494 e. The Balaban J connectivity index is 2.52. The van der Waals surface area contributed by atoms with Crippen LogP contribution in [-0.2, 0) is 0 Å². The number of benzene rings is 1. The smallest absolute Gasteiger partial charge is 0.119 e. The average Bonchev–Trinajstić information content (AvgIpc) is 2.04. The molecule has 0 fully saturated rings. The summed E-state index contributed by atoms with van der Waals surface area (Å²) in [5, 5.41) is 0. The Bertz CT molecular complexity index is 205. The van der Waals surface area contributed by atoms with E-state index in [1.807, 2.05) is 12.1 Å². The normalized spacial score (nSPS) is 9.55. The van der Waals surface area contributed by atoms with Gasteiger partial charge in [-0.2, -0.15) is 0 Å². The third-order valence-electron chi connectivity index (χ3n) is 1.33. The van der Waals surface area contributed by atoms with Gasteiger partial charge in [0, 0.05) is 0 Å². The lowest BCUT2D eigenvalue weighted by molar-refractivity contribution is 0.317. The van der Waals surface area contributed by atoms with Crippen molar-refractivity contribution < 1.29 is 4.74 Å². The molecule has 2 nitrogen and oxygen atoms in total. The molecule has 0 saturated heterocycles. The fourth-order valence-corrected chi connectivity index (χ4v) is 0.771. The van der Waals surface area contributed by atoms with Crippen molar-refractivity contribution in [3.05, 3.63) is 24.3 Å². The van der Waals surface area contributed by atoms with Gasteiger partial charge in [-0.25, -0.2) is 0 Å². The maximum atomic E-state index is 7.21. The molecule has 0 spiro atoms. The first kappa shape index (κ1) is 7.92. The third kappa shape index (κ3) is 2.50. The van der Waals surface area contributed by atoms with E-state index >= 15 is 0 Å². The Kier molecular flexibility index (Phi) is 2.78. The van der Waals surface area contributed by atoms with Crippen molar-refractivity contribution in [2.45, 2.75) is 13.3 Å². The Hall–Kier alpha value is -1.18. The lowest BCUT2D eigenvalue weighted by Crippen LogP contribution is -1.93. The predicted octanol–water partition coefficient (Wildman–Crippen LogP) is 2.39. The van der Waals surface area contributed by atoms with Crippen LogP contribution in [0.15, 0.2) is 24.3 Å². The van der Waals surface area contributed by atoms with Crippen LogP contribution in [0.2, 0.25) is 0 Å². The summed E-state index contributed by atoms with van der Waals surface area (Å²) in [5.41, 5.74) is 7.74. The van der Waals surface area contributed by atoms with Gasteiger partial charge in [0.15, 0.2) is 0 Å². The number of hydrogen-bond donors (Lipinski definition) is 0. The number of hydrogen-bond acceptors (Lipinski definition) is 1. The van der Waals surface area contributed by atoms with Crippen molar-refractivity contribution in [1.29, 1.82) is 0 Å². The summed E-state index contributed by atoms with van der Waals surface area (Å²) < 4.78 is 5.33. The molecule has 0 unspecified atom stereocenters. The molecule has 0 saturated carbocycles. The van der Waals surface area contributed by atoms with Gasteiger partial charge in [-0.3, -0.25) is 0 Å². The van der Waals surface area contributed by atoms with Gasteiger partial charge in [0.2, 0.25) is 0 Å². The van der Waals surface area contributed by atoms with Crippen LogP contribution in [0.5, 0.6) is 5.75 Å². The SMILES string of the molecule is CCCOc1ccc([NH])cc1. The summed E-state index contributed by atoms with van der Waals surface area (Å²) in [6.45, 7) is 2.82. The van der Waals surface area contributed by atoms with Crippen molar-refractivity contribution in [1.82, 2.24) is 5.73 Å². The summed E-state index contributed by atoms with van der Waals surface area (Å²) in [7, 11) is 0. The predicted molar refractivity (Wildman–Crippen MR) is 45.0 cm³/mol. The van der Waals surface area contributed by atoms with Gasteiger partial charge in [0.05, 0.1) is 12.3 Å². The molecule has 0 bridgehead atoms. The van der Waals surface area contributed by atoms with Crippen molar-refractivity contribution in [2.24, 2.45) is 0 Å². The largest absolute Gasteiger partial charge is 0.494 e. The van der Waals surface area contributed by atoms with E-state index in [4.69, 9.17) is 10.5 Å². The molecular formula is C9H12NO. The first-order chi connectivity index (χ1) is 5.33. The number of ether oxygens (including phenoxy) is 1. The standard InChI is InChI=1S/C9H12NO/c1-2-7-11-9-5-3-8(10)4-6-9/h3-6,10H,2,7H2,1H3. The maximum absolute atomic E-state index is 7.21. The van der Waals surface area contributed by atoms with Crippen LogP contribution in [0.25, 0.3) is 0 Å². The molecule has 0 atom stereocenters. The van der Waals surface area contributed by atoms with Crippen LogP contribution < -0.4 is 10.5 Å². The Morgan fingerprint density at radius 1 is 1.27 bits per heavy atom. The van der Waals surface area contributed by atoms with E-state index in [-0.39, 0.29) is 0 Å². The molecule has 0 aliphatic rings. The summed E-state index contributed by atoms with van der Waals surface area (Å²) >= 11 is 0. The topological polar surface area (TPSA) is 33.0 Å². The molecule has 1 aromatic carbocycles. The minimum atomic E-state index is 0.522. The second-order valence-corrected chi connectivity index (χ2v) is 2.37. The molecule has 1 aromatic rings. The molecule has 11 heavy (non-hydrogen) atoms. The van der Waals surface area contributed by atoms with Crippen LogP contribution in [0.1, 0.15) is 13.3 Å². The Morgan fingerprint density at radius 2 is 1.91 bits per heavy atom. The van der Waals surface area contributed by atoms with Crippen LogP contribution in [0, 0.1) is 0 Å². The lowest BCUT2D eigenvalue weighted by Gasteiger charge is -2.02. The van der Waals surface area contributed by atoms with Crippen LogP contribution >= 0.6 is 0 Å². The second kappa shape index (κ2) is 3.86. The van der Waals surface area contributed by atoms with E-state index in [0.717, 1.165) is 18.8 Å². The van der Waals surface area contributed by atoms with Crippen LogP contribution in [-0.4, -0.2) is 6.61 Å². The molecule has 1 rings (SSSR count). The zero-order chi connectivity index (χ0) is 8.10. The summed E-state index contributed by atoms with van der Waals surface area (Å²) in [6, 6.07) is 7.09.